The van der Waals surface area contributed by atoms with Crippen molar-refractivity contribution in [2.45, 2.75) is 0 Å². The molecule has 0 amide bonds. The van der Waals surface area contributed by atoms with Crippen molar-refractivity contribution in [1.29, 1.82) is 0 Å². The van der Waals surface area contributed by atoms with Crippen molar-refractivity contribution in [2.75, 3.05) is 39.3 Å². The number of hydrogen-bond donors (Lipinski definition) is 8. The molecule has 20 heteroatoms. The van der Waals surface area contributed by atoms with E-state index in [1.54, 1.807) is 0 Å². The SMILES string of the molecule is O=C(O)CN(CCN(CC(=O)O)CC(=O)O)CC(=O)O.O=P(O)(O)OP(=O)(O)O.[H-].[Na+]. The van der Waals surface area contributed by atoms with E-state index in [9.17, 15) is 28.3 Å². The van der Waals surface area contributed by atoms with Crippen molar-refractivity contribution < 1.29 is 104 Å². The van der Waals surface area contributed by atoms with Crippen molar-refractivity contribution in [3.63, 3.8) is 0 Å². The number of carboxylic acid groups (broad SMARTS) is 4. The molecule has 0 rings (SSSR count). The van der Waals surface area contributed by atoms with Crippen molar-refractivity contribution >= 4 is 39.5 Å². The molecule has 0 aliphatic carbocycles. The van der Waals surface area contributed by atoms with Gasteiger partial charge in [-0.3, -0.25) is 29.0 Å². The zero-order valence-corrected chi connectivity index (χ0v) is 19.3. The van der Waals surface area contributed by atoms with Gasteiger partial charge in [-0.25, -0.2) is 9.13 Å². The maximum absolute atomic E-state index is 10.6. The molecular formula is C10H21N2NaO15P2. The smallest absolute Gasteiger partial charge is 1.00 e. The van der Waals surface area contributed by atoms with Crippen molar-refractivity contribution in [3.8, 4) is 0 Å². The van der Waals surface area contributed by atoms with Crippen LogP contribution in [0, 0.1) is 0 Å². The molecule has 0 saturated heterocycles. The summed E-state index contributed by atoms with van der Waals surface area (Å²) in [4.78, 5) is 75.4. The van der Waals surface area contributed by atoms with E-state index >= 15 is 0 Å². The summed E-state index contributed by atoms with van der Waals surface area (Å²) in [6.45, 7) is -2.25. The summed E-state index contributed by atoms with van der Waals surface area (Å²) < 4.78 is 22.2. The molecule has 0 fully saturated rings. The Morgan fingerprint density at radius 3 is 0.933 bits per heavy atom. The zero-order valence-electron chi connectivity index (χ0n) is 16.5. The first-order valence-electron chi connectivity index (χ1n) is 7.05. The van der Waals surface area contributed by atoms with E-state index in [0.29, 0.717) is 0 Å². The summed E-state index contributed by atoms with van der Waals surface area (Å²) >= 11 is 0. The van der Waals surface area contributed by atoms with Crippen LogP contribution in [0.25, 0.3) is 0 Å². The standard InChI is InChI=1S/C10H16N2O8.Na.H4O7P2.H/c13-7(14)3-11(4-8(15)16)1-2-12(5-9(17)18)6-10(19)20;;1-8(2,3)7-9(4,5)6;/h1-6H2,(H,13,14)(H,15,16)(H,17,18)(H,19,20);;(H2,1,2,3)(H2,4,5,6);/q;+1;;-1. The van der Waals surface area contributed by atoms with Gasteiger partial charge in [0.1, 0.15) is 0 Å². The predicted octanol–water partition coefficient (Wildman–Crippen LogP) is -5.77. The number of phosphoric acid groups is 2. The van der Waals surface area contributed by atoms with Crippen LogP contribution in [0.5, 0.6) is 0 Å². The molecule has 0 aliphatic heterocycles. The van der Waals surface area contributed by atoms with Crippen LogP contribution in [0.3, 0.4) is 0 Å². The summed E-state index contributed by atoms with van der Waals surface area (Å²) in [6, 6.07) is 0. The van der Waals surface area contributed by atoms with Crippen LogP contribution in [0.2, 0.25) is 0 Å². The Kier molecular flexibility index (Phi) is 17.7. The number of carbonyl (C=O) groups is 4. The Labute approximate surface area is 192 Å². The van der Waals surface area contributed by atoms with Gasteiger partial charge in [-0.15, -0.1) is 0 Å². The fourth-order valence-electron chi connectivity index (χ4n) is 1.61. The molecule has 0 unspecified atom stereocenters. The maximum Gasteiger partial charge on any atom is 1.00 e. The molecule has 0 spiro atoms. The minimum absolute atomic E-state index is 0. The maximum atomic E-state index is 10.6. The molecule has 0 bridgehead atoms. The van der Waals surface area contributed by atoms with Gasteiger partial charge in [0.2, 0.25) is 0 Å². The number of aliphatic carboxylic acids is 4. The van der Waals surface area contributed by atoms with Crippen LogP contribution in [-0.2, 0) is 32.6 Å². The molecule has 30 heavy (non-hydrogen) atoms. The number of nitrogens with zero attached hydrogens (tertiary/aromatic N) is 2. The fraction of sp³-hybridized carbons (Fsp3) is 0.600. The Bertz CT molecular complexity index is 595. The Morgan fingerprint density at radius 1 is 0.633 bits per heavy atom. The quantitative estimate of drug-likeness (QED) is 0.0874. The molecule has 0 aromatic rings. The van der Waals surface area contributed by atoms with Gasteiger partial charge in [-0.2, -0.15) is 4.31 Å². The van der Waals surface area contributed by atoms with Gasteiger partial charge in [-0.1, -0.05) is 0 Å². The molecule has 0 atom stereocenters. The van der Waals surface area contributed by atoms with E-state index in [2.05, 4.69) is 4.31 Å². The van der Waals surface area contributed by atoms with Crippen molar-refractivity contribution in [3.05, 3.63) is 0 Å². The van der Waals surface area contributed by atoms with E-state index < -0.39 is 65.7 Å². The first-order chi connectivity index (χ1) is 12.9. The Morgan fingerprint density at radius 2 is 0.833 bits per heavy atom. The van der Waals surface area contributed by atoms with Crippen LogP contribution < -0.4 is 29.6 Å². The van der Waals surface area contributed by atoms with Gasteiger partial charge in [0.15, 0.2) is 0 Å². The zero-order chi connectivity index (χ0) is 23.4. The van der Waals surface area contributed by atoms with Gasteiger partial charge in [0.25, 0.3) is 0 Å². The van der Waals surface area contributed by atoms with Crippen LogP contribution in [0.15, 0.2) is 0 Å². The fourth-order valence-corrected chi connectivity index (χ4v) is 2.72. The van der Waals surface area contributed by atoms with E-state index in [0.717, 1.165) is 9.80 Å². The molecule has 0 aliphatic rings. The topological polar surface area (TPSA) is 280 Å². The molecule has 0 aromatic heterocycles. The summed E-state index contributed by atoms with van der Waals surface area (Å²) in [5, 5.41) is 34.5. The summed E-state index contributed by atoms with van der Waals surface area (Å²) in [5.74, 6) is -4.91. The monoisotopic (exact) mass is 494 g/mol. The van der Waals surface area contributed by atoms with Crippen molar-refractivity contribution in [1.82, 2.24) is 9.80 Å². The van der Waals surface area contributed by atoms with Gasteiger partial charge >= 0.3 is 69.1 Å². The van der Waals surface area contributed by atoms with Gasteiger partial charge in [0.05, 0.1) is 26.2 Å². The second kappa shape index (κ2) is 15.8. The number of hydrogen-bond acceptors (Lipinski definition) is 9. The molecule has 0 radical (unpaired) electrons. The Balaban J connectivity index is -0.000000282. The van der Waals surface area contributed by atoms with Gasteiger partial charge < -0.3 is 41.4 Å². The van der Waals surface area contributed by atoms with Gasteiger partial charge in [0, 0.05) is 13.1 Å². The third kappa shape index (κ3) is 27.1. The normalized spacial score (nSPS) is 11.3. The molecule has 172 valence electrons. The van der Waals surface area contributed by atoms with E-state index in [4.69, 9.17) is 40.0 Å². The second-order valence-electron chi connectivity index (χ2n) is 5.06. The third-order valence-corrected chi connectivity index (χ3v) is 4.08. The number of carboxylic acids is 4. The van der Waals surface area contributed by atoms with Crippen LogP contribution in [-0.4, -0.2) is 113 Å². The molecule has 17 nitrogen and oxygen atoms in total. The average Bonchev–Trinajstić information content (AvgIpc) is 2.38. The summed E-state index contributed by atoms with van der Waals surface area (Å²) in [5.41, 5.74) is 0. The molecule has 0 saturated carbocycles. The van der Waals surface area contributed by atoms with E-state index in [-0.39, 0.29) is 44.1 Å². The average molecular weight is 494 g/mol. The molecular weight excluding hydrogens is 473 g/mol. The second-order valence-corrected chi connectivity index (χ2v) is 7.67. The number of rotatable bonds is 13. The van der Waals surface area contributed by atoms with Crippen LogP contribution >= 0.6 is 15.6 Å². The summed E-state index contributed by atoms with van der Waals surface area (Å²) in [7, 11) is -10.1. The van der Waals surface area contributed by atoms with E-state index in [1.807, 2.05) is 0 Å². The minimum atomic E-state index is -5.05. The molecule has 0 heterocycles. The third-order valence-electron chi connectivity index (χ3n) is 2.38. The summed E-state index contributed by atoms with van der Waals surface area (Å²) in [6.07, 6.45) is 0. The van der Waals surface area contributed by atoms with Crippen LogP contribution in [0.1, 0.15) is 1.43 Å². The molecule has 0 aromatic carbocycles. The predicted molar refractivity (Wildman–Crippen MR) is 89.7 cm³/mol. The largest absolute Gasteiger partial charge is 1.00 e. The van der Waals surface area contributed by atoms with Crippen LogP contribution in [0.4, 0.5) is 0 Å². The molecule has 8 N–H and O–H groups in total. The van der Waals surface area contributed by atoms with E-state index in [1.165, 1.54) is 0 Å². The van der Waals surface area contributed by atoms with Gasteiger partial charge in [-0.05, 0) is 0 Å². The minimum Gasteiger partial charge on any atom is -1.00 e. The first-order valence-corrected chi connectivity index (χ1v) is 10.1. The Hall–Kier alpha value is -0.940. The van der Waals surface area contributed by atoms with Crippen molar-refractivity contribution in [2.24, 2.45) is 0 Å². The first kappa shape index (κ1) is 33.7.